The molecular formula is C24H21ClFN3O2. The van der Waals surface area contributed by atoms with Crippen LogP contribution in [0.15, 0.2) is 54.7 Å². The van der Waals surface area contributed by atoms with E-state index in [9.17, 15) is 14.0 Å². The molecule has 1 aliphatic rings. The zero-order valence-electron chi connectivity index (χ0n) is 16.9. The molecule has 4 rings (SSSR count). The van der Waals surface area contributed by atoms with Crippen LogP contribution in [0.1, 0.15) is 44.7 Å². The first kappa shape index (κ1) is 21.0. The second-order valence-electron chi connectivity index (χ2n) is 7.62. The molecule has 2 N–H and O–H groups in total. The molecule has 1 saturated carbocycles. The van der Waals surface area contributed by atoms with Gasteiger partial charge >= 0.3 is 0 Å². The van der Waals surface area contributed by atoms with Crippen molar-refractivity contribution in [3.63, 3.8) is 0 Å². The third-order valence-corrected chi connectivity index (χ3v) is 5.40. The second kappa shape index (κ2) is 8.86. The van der Waals surface area contributed by atoms with Gasteiger partial charge in [-0.25, -0.2) is 4.39 Å². The fourth-order valence-electron chi connectivity index (χ4n) is 3.19. The number of aromatic nitrogens is 1. The summed E-state index contributed by atoms with van der Waals surface area (Å²) in [5, 5.41) is 6.29. The first-order valence-corrected chi connectivity index (χ1v) is 10.4. The van der Waals surface area contributed by atoms with E-state index in [-0.39, 0.29) is 23.4 Å². The molecule has 1 aromatic heterocycles. The van der Waals surface area contributed by atoms with E-state index in [1.165, 1.54) is 12.3 Å². The van der Waals surface area contributed by atoms with Crippen LogP contribution in [-0.2, 0) is 6.54 Å². The quantitative estimate of drug-likeness (QED) is 0.588. The van der Waals surface area contributed by atoms with Crippen LogP contribution in [0, 0.1) is 12.7 Å². The van der Waals surface area contributed by atoms with E-state index in [1.807, 2.05) is 12.1 Å². The lowest BCUT2D eigenvalue weighted by Crippen LogP contribution is -2.25. The van der Waals surface area contributed by atoms with Gasteiger partial charge in [0.1, 0.15) is 5.82 Å². The van der Waals surface area contributed by atoms with E-state index in [4.69, 9.17) is 11.6 Å². The van der Waals surface area contributed by atoms with Gasteiger partial charge in [-0.1, -0.05) is 23.7 Å². The highest BCUT2D eigenvalue weighted by Gasteiger charge is 2.24. The highest BCUT2D eigenvalue weighted by molar-refractivity contribution is 6.30. The number of hydrogen-bond donors (Lipinski definition) is 2. The summed E-state index contributed by atoms with van der Waals surface area (Å²) in [7, 11) is 0. The Labute approximate surface area is 184 Å². The summed E-state index contributed by atoms with van der Waals surface area (Å²) >= 11 is 5.96. The molecular weight excluding hydrogens is 417 g/mol. The van der Waals surface area contributed by atoms with Gasteiger partial charge in [0.15, 0.2) is 0 Å². The minimum Gasteiger partial charge on any atom is -0.349 e. The van der Waals surface area contributed by atoms with Gasteiger partial charge in [0.25, 0.3) is 11.8 Å². The number of halogens is 2. The summed E-state index contributed by atoms with van der Waals surface area (Å²) in [6, 6.07) is 13.6. The summed E-state index contributed by atoms with van der Waals surface area (Å²) in [5.41, 5.74) is 2.93. The lowest BCUT2D eigenvalue weighted by molar-refractivity contribution is 0.0942. The van der Waals surface area contributed by atoms with Crippen LogP contribution in [0.3, 0.4) is 0 Å². The van der Waals surface area contributed by atoms with E-state index in [2.05, 4.69) is 15.6 Å². The van der Waals surface area contributed by atoms with E-state index >= 15 is 0 Å². The summed E-state index contributed by atoms with van der Waals surface area (Å²) in [6.45, 7) is 1.98. The van der Waals surface area contributed by atoms with Gasteiger partial charge < -0.3 is 10.6 Å². The number of carbonyl (C=O) groups excluding carboxylic acids is 2. The van der Waals surface area contributed by atoms with Crippen LogP contribution in [0.2, 0.25) is 5.02 Å². The normalized spacial score (nSPS) is 13.0. The number of hydrogen-bond acceptors (Lipinski definition) is 3. The van der Waals surface area contributed by atoms with E-state index in [0.717, 1.165) is 18.4 Å². The number of carbonyl (C=O) groups is 2. The van der Waals surface area contributed by atoms with Crippen LogP contribution in [0.4, 0.5) is 4.39 Å². The maximum Gasteiger partial charge on any atom is 0.253 e. The van der Waals surface area contributed by atoms with E-state index in [1.54, 1.807) is 37.3 Å². The highest BCUT2D eigenvalue weighted by atomic mass is 35.5. The minimum atomic E-state index is -0.469. The molecule has 158 valence electrons. The Hall–Kier alpha value is -3.25. The first-order valence-electron chi connectivity index (χ1n) is 10.0. The monoisotopic (exact) mass is 437 g/mol. The molecule has 1 heterocycles. The Morgan fingerprint density at radius 2 is 1.90 bits per heavy atom. The molecule has 0 bridgehead atoms. The number of nitrogens with one attached hydrogen (secondary N) is 2. The van der Waals surface area contributed by atoms with E-state index in [0.29, 0.717) is 34.0 Å². The number of benzene rings is 2. The zero-order valence-corrected chi connectivity index (χ0v) is 17.7. The molecule has 0 radical (unpaired) electrons. The molecule has 7 heteroatoms. The maximum atomic E-state index is 14.5. The molecule has 31 heavy (non-hydrogen) atoms. The fourth-order valence-corrected chi connectivity index (χ4v) is 3.40. The fraction of sp³-hybridized carbons (Fsp3) is 0.208. The molecule has 0 aliphatic heterocycles. The van der Waals surface area contributed by atoms with Gasteiger partial charge in [0.2, 0.25) is 0 Å². The van der Waals surface area contributed by atoms with Crippen molar-refractivity contribution in [1.29, 1.82) is 0 Å². The molecule has 0 spiro atoms. The maximum absolute atomic E-state index is 14.5. The predicted molar refractivity (Wildman–Crippen MR) is 117 cm³/mol. The molecule has 1 fully saturated rings. The number of rotatable bonds is 6. The SMILES string of the molecule is Cc1c(F)cc(C(=O)NC2CC2)cc1-c1ccc(C(=O)NCc2cccc(Cl)c2)cn1. The molecule has 2 amide bonds. The highest BCUT2D eigenvalue weighted by Crippen LogP contribution is 2.27. The Bertz CT molecular complexity index is 1140. The molecule has 5 nitrogen and oxygen atoms in total. The average molecular weight is 438 g/mol. The predicted octanol–water partition coefficient (Wildman–Crippen LogP) is 4.67. The third kappa shape index (κ3) is 5.09. The van der Waals surface area contributed by atoms with Crippen molar-refractivity contribution in [2.24, 2.45) is 0 Å². The first-order chi connectivity index (χ1) is 14.9. The Morgan fingerprint density at radius 1 is 1.10 bits per heavy atom. The minimum absolute atomic E-state index is 0.183. The largest absolute Gasteiger partial charge is 0.349 e. The summed E-state index contributed by atoms with van der Waals surface area (Å²) < 4.78 is 14.5. The number of nitrogens with zero attached hydrogens (tertiary/aromatic N) is 1. The van der Waals surface area contributed by atoms with Crippen molar-refractivity contribution >= 4 is 23.4 Å². The summed E-state index contributed by atoms with van der Waals surface area (Å²) in [5.74, 6) is -1.04. The zero-order chi connectivity index (χ0) is 22.0. The van der Waals surface area contributed by atoms with Crippen molar-refractivity contribution < 1.29 is 14.0 Å². The van der Waals surface area contributed by atoms with Crippen molar-refractivity contribution in [2.75, 3.05) is 0 Å². The van der Waals surface area contributed by atoms with Gasteiger partial charge in [-0.05, 0) is 67.3 Å². The molecule has 3 aromatic rings. The Kier molecular flexibility index (Phi) is 6.00. The van der Waals surface area contributed by atoms with Gasteiger partial charge in [0.05, 0.1) is 11.3 Å². The second-order valence-corrected chi connectivity index (χ2v) is 8.06. The van der Waals surface area contributed by atoms with Gasteiger partial charge in [-0.2, -0.15) is 0 Å². The topological polar surface area (TPSA) is 71.1 Å². The molecule has 0 unspecified atom stereocenters. The number of pyridine rings is 1. The molecule has 0 atom stereocenters. The average Bonchev–Trinajstić information content (AvgIpc) is 3.58. The van der Waals surface area contributed by atoms with E-state index < -0.39 is 5.82 Å². The Morgan fingerprint density at radius 3 is 2.58 bits per heavy atom. The van der Waals surface area contributed by atoms with Gasteiger partial charge in [-0.15, -0.1) is 0 Å². The van der Waals surface area contributed by atoms with Crippen LogP contribution < -0.4 is 10.6 Å². The lowest BCUT2D eigenvalue weighted by atomic mass is 10.00. The molecule has 0 saturated heterocycles. The summed E-state index contributed by atoms with van der Waals surface area (Å²) in [4.78, 5) is 29.1. The van der Waals surface area contributed by atoms with Crippen molar-refractivity contribution in [1.82, 2.24) is 15.6 Å². The van der Waals surface area contributed by atoms with Crippen LogP contribution in [0.5, 0.6) is 0 Å². The standard InChI is InChI=1S/C24H21ClFN3O2/c1-14-20(10-17(11-21(14)26)24(31)29-19-6-7-19)22-8-5-16(13-27-22)23(30)28-12-15-3-2-4-18(25)9-15/h2-5,8-11,13,19H,6-7,12H2,1H3,(H,28,30)(H,29,31). The van der Waals surface area contributed by atoms with Crippen LogP contribution in [-0.4, -0.2) is 22.8 Å². The molecule has 2 aromatic carbocycles. The van der Waals surface area contributed by atoms with Crippen molar-refractivity contribution in [3.8, 4) is 11.3 Å². The smallest absolute Gasteiger partial charge is 0.253 e. The van der Waals surface area contributed by atoms with Crippen LogP contribution >= 0.6 is 11.6 Å². The van der Waals surface area contributed by atoms with Gasteiger partial charge in [0, 0.05) is 34.9 Å². The summed E-state index contributed by atoms with van der Waals surface area (Å²) in [6.07, 6.45) is 3.35. The van der Waals surface area contributed by atoms with Gasteiger partial charge in [-0.3, -0.25) is 14.6 Å². The van der Waals surface area contributed by atoms with Crippen molar-refractivity contribution in [3.05, 3.63) is 87.8 Å². The third-order valence-electron chi connectivity index (χ3n) is 5.16. The number of amides is 2. The Balaban J connectivity index is 1.50. The van der Waals surface area contributed by atoms with Crippen molar-refractivity contribution in [2.45, 2.75) is 32.4 Å². The molecule has 1 aliphatic carbocycles. The van der Waals surface area contributed by atoms with Crippen LogP contribution in [0.25, 0.3) is 11.3 Å². The lowest BCUT2D eigenvalue weighted by Gasteiger charge is -2.11.